The van der Waals surface area contributed by atoms with Crippen molar-refractivity contribution in [2.75, 3.05) is 13.2 Å². The molecule has 1 amide bonds. The summed E-state index contributed by atoms with van der Waals surface area (Å²) in [6.07, 6.45) is -0.559. The van der Waals surface area contributed by atoms with E-state index < -0.39 is 6.10 Å². The second-order valence-corrected chi connectivity index (χ2v) is 4.92. The Morgan fingerprint density at radius 1 is 1.26 bits per heavy atom. The van der Waals surface area contributed by atoms with Crippen molar-refractivity contribution in [1.29, 1.82) is 0 Å². The number of aryl methyl sites for hydroxylation is 1. The van der Waals surface area contributed by atoms with Gasteiger partial charge >= 0.3 is 0 Å². The van der Waals surface area contributed by atoms with E-state index in [9.17, 15) is 4.79 Å². The summed E-state index contributed by atoms with van der Waals surface area (Å²) in [7, 11) is 0. The van der Waals surface area contributed by atoms with Crippen LogP contribution in [0.5, 0.6) is 5.75 Å². The summed E-state index contributed by atoms with van der Waals surface area (Å²) in [5.41, 5.74) is 1.15. The molecule has 0 saturated heterocycles. The Balaban J connectivity index is 2.67. The number of benzene rings is 1. The molecule has 0 bridgehead atoms. The fraction of sp³-hybridized carbons (Fsp3) is 0.533. The highest BCUT2D eigenvalue weighted by Crippen LogP contribution is 2.14. The largest absolute Gasteiger partial charge is 0.481 e. The molecular weight excluding hydrogens is 242 g/mol. The predicted molar refractivity (Wildman–Crippen MR) is 75.2 cm³/mol. The predicted octanol–water partition coefficient (Wildman–Crippen LogP) is 1.99. The van der Waals surface area contributed by atoms with Gasteiger partial charge in [-0.3, -0.25) is 4.79 Å². The lowest BCUT2D eigenvalue weighted by Crippen LogP contribution is -2.45. The number of hydrogen-bond acceptors (Lipinski definition) is 3. The van der Waals surface area contributed by atoms with Crippen LogP contribution in [0.4, 0.5) is 0 Å². The molecule has 4 heteroatoms. The zero-order valence-electron chi connectivity index (χ0n) is 12.1. The molecule has 0 spiro atoms. The van der Waals surface area contributed by atoms with Gasteiger partial charge in [-0.1, -0.05) is 17.7 Å². The molecule has 0 aromatic heterocycles. The van der Waals surface area contributed by atoms with E-state index in [0.29, 0.717) is 12.3 Å². The van der Waals surface area contributed by atoms with Crippen LogP contribution in [0.1, 0.15) is 26.3 Å². The van der Waals surface area contributed by atoms with E-state index in [1.54, 1.807) is 11.8 Å². The van der Waals surface area contributed by atoms with Crippen LogP contribution in [-0.4, -0.2) is 41.2 Å². The third-order valence-electron chi connectivity index (χ3n) is 2.93. The highest BCUT2D eigenvalue weighted by atomic mass is 16.5. The molecule has 1 rings (SSSR count). The minimum absolute atomic E-state index is 0.0405. The molecule has 0 fully saturated rings. The maximum atomic E-state index is 12.2. The Labute approximate surface area is 115 Å². The van der Waals surface area contributed by atoms with E-state index in [0.717, 1.165) is 5.56 Å². The Hall–Kier alpha value is -1.55. The number of aliphatic hydroxyl groups is 1. The van der Waals surface area contributed by atoms with Gasteiger partial charge in [0.05, 0.1) is 6.61 Å². The highest BCUT2D eigenvalue weighted by molar-refractivity contribution is 5.81. The van der Waals surface area contributed by atoms with Crippen LogP contribution in [0.25, 0.3) is 0 Å². The quantitative estimate of drug-likeness (QED) is 0.855. The summed E-state index contributed by atoms with van der Waals surface area (Å²) in [5.74, 6) is 0.573. The number of rotatable bonds is 6. The molecule has 0 aliphatic rings. The maximum Gasteiger partial charge on any atom is 0.263 e. The lowest BCUT2D eigenvalue weighted by Gasteiger charge is -2.28. The van der Waals surface area contributed by atoms with Crippen LogP contribution in [0.2, 0.25) is 0 Å². The lowest BCUT2D eigenvalue weighted by molar-refractivity contribution is -0.140. The average Bonchev–Trinajstić information content (AvgIpc) is 2.37. The first-order chi connectivity index (χ1) is 8.95. The molecule has 0 saturated carbocycles. The summed E-state index contributed by atoms with van der Waals surface area (Å²) in [6.45, 7) is 7.87. The lowest BCUT2D eigenvalue weighted by atomic mass is 10.2. The number of nitrogens with zero attached hydrogens (tertiary/aromatic N) is 1. The molecule has 19 heavy (non-hydrogen) atoms. The standard InChI is InChI=1S/C15H23NO3/c1-11(2)16(9-10-17)15(18)13(4)19-14-7-5-12(3)6-8-14/h5-8,11,13,17H,9-10H2,1-4H3. The molecule has 0 aliphatic carbocycles. The molecule has 1 aromatic carbocycles. The monoisotopic (exact) mass is 265 g/mol. The fourth-order valence-corrected chi connectivity index (χ4v) is 1.84. The van der Waals surface area contributed by atoms with Crippen molar-refractivity contribution in [3.63, 3.8) is 0 Å². The SMILES string of the molecule is Cc1ccc(OC(C)C(=O)N(CCO)C(C)C)cc1. The number of carbonyl (C=O) groups excluding carboxylic acids is 1. The van der Waals surface area contributed by atoms with E-state index in [1.165, 1.54) is 0 Å². The van der Waals surface area contributed by atoms with Crippen molar-refractivity contribution >= 4 is 5.91 Å². The highest BCUT2D eigenvalue weighted by Gasteiger charge is 2.23. The van der Waals surface area contributed by atoms with E-state index in [-0.39, 0.29) is 18.6 Å². The minimum atomic E-state index is -0.559. The number of hydrogen-bond donors (Lipinski definition) is 1. The van der Waals surface area contributed by atoms with Gasteiger partial charge in [0, 0.05) is 12.6 Å². The molecule has 0 aliphatic heterocycles. The number of ether oxygens (including phenoxy) is 1. The van der Waals surface area contributed by atoms with Gasteiger partial charge in [-0.25, -0.2) is 0 Å². The number of amides is 1. The first-order valence-electron chi connectivity index (χ1n) is 6.60. The first-order valence-corrected chi connectivity index (χ1v) is 6.60. The minimum Gasteiger partial charge on any atom is -0.481 e. The molecule has 4 nitrogen and oxygen atoms in total. The summed E-state index contributed by atoms with van der Waals surface area (Å²) in [5, 5.41) is 9.00. The first kappa shape index (κ1) is 15.5. The van der Waals surface area contributed by atoms with Crippen molar-refractivity contribution in [1.82, 2.24) is 4.90 Å². The van der Waals surface area contributed by atoms with Crippen LogP contribution in [0.3, 0.4) is 0 Å². The number of carbonyl (C=O) groups is 1. The van der Waals surface area contributed by atoms with Gasteiger partial charge in [-0.2, -0.15) is 0 Å². The van der Waals surface area contributed by atoms with Gasteiger partial charge in [-0.15, -0.1) is 0 Å². The molecule has 1 aromatic rings. The smallest absolute Gasteiger partial charge is 0.263 e. The van der Waals surface area contributed by atoms with E-state index in [2.05, 4.69) is 0 Å². The molecule has 0 heterocycles. The molecule has 1 N–H and O–H groups in total. The van der Waals surface area contributed by atoms with Crippen molar-refractivity contribution in [2.45, 2.75) is 39.8 Å². The summed E-state index contributed by atoms with van der Waals surface area (Å²) >= 11 is 0. The Bertz CT molecular complexity index is 400. The fourth-order valence-electron chi connectivity index (χ4n) is 1.84. The van der Waals surface area contributed by atoms with Crippen LogP contribution in [0, 0.1) is 6.92 Å². The summed E-state index contributed by atoms with van der Waals surface area (Å²) in [6, 6.07) is 7.64. The number of aliphatic hydroxyl groups excluding tert-OH is 1. The van der Waals surface area contributed by atoms with Gasteiger partial charge in [0.25, 0.3) is 5.91 Å². The van der Waals surface area contributed by atoms with Crippen LogP contribution in [0.15, 0.2) is 24.3 Å². The Morgan fingerprint density at radius 3 is 2.32 bits per heavy atom. The molecule has 1 atom stereocenters. The van der Waals surface area contributed by atoms with E-state index >= 15 is 0 Å². The third-order valence-corrected chi connectivity index (χ3v) is 2.93. The Kier molecular flexibility index (Phi) is 5.83. The van der Waals surface area contributed by atoms with Gasteiger partial charge in [0.1, 0.15) is 5.75 Å². The second-order valence-electron chi connectivity index (χ2n) is 4.92. The maximum absolute atomic E-state index is 12.2. The van der Waals surface area contributed by atoms with Gasteiger partial charge in [0.2, 0.25) is 0 Å². The van der Waals surface area contributed by atoms with Gasteiger partial charge in [0.15, 0.2) is 6.10 Å². The molecular formula is C15H23NO3. The normalized spacial score (nSPS) is 12.3. The third kappa shape index (κ3) is 4.56. The van der Waals surface area contributed by atoms with Crippen LogP contribution < -0.4 is 4.74 Å². The van der Waals surface area contributed by atoms with Crippen molar-refractivity contribution in [3.8, 4) is 5.75 Å². The van der Waals surface area contributed by atoms with Gasteiger partial charge < -0.3 is 14.7 Å². The van der Waals surface area contributed by atoms with Crippen molar-refractivity contribution in [2.24, 2.45) is 0 Å². The van der Waals surface area contributed by atoms with Crippen LogP contribution in [-0.2, 0) is 4.79 Å². The molecule has 1 unspecified atom stereocenters. The van der Waals surface area contributed by atoms with Crippen LogP contribution >= 0.6 is 0 Å². The molecule has 0 radical (unpaired) electrons. The summed E-state index contributed by atoms with van der Waals surface area (Å²) < 4.78 is 5.64. The summed E-state index contributed by atoms with van der Waals surface area (Å²) in [4.78, 5) is 13.9. The average molecular weight is 265 g/mol. The van der Waals surface area contributed by atoms with Crippen molar-refractivity contribution in [3.05, 3.63) is 29.8 Å². The topological polar surface area (TPSA) is 49.8 Å². The van der Waals surface area contributed by atoms with Gasteiger partial charge in [-0.05, 0) is 39.8 Å². The zero-order chi connectivity index (χ0) is 14.4. The molecule has 106 valence electrons. The second kappa shape index (κ2) is 7.14. The van der Waals surface area contributed by atoms with Crippen molar-refractivity contribution < 1.29 is 14.6 Å². The zero-order valence-corrected chi connectivity index (χ0v) is 12.1. The van der Waals surface area contributed by atoms with E-state index in [4.69, 9.17) is 9.84 Å². The Morgan fingerprint density at radius 2 is 1.84 bits per heavy atom. The van der Waals surface area contributed by atoms with E-state index in [1.807, 2.05) is 45.0 Å².